The van der Waals surface area contributed by atoms with E-state index in [0.29, 0.717) is 0 Å². The molecule has 0 radical (unpaired) electrons. The van der Waals surface area contributed by atoms with E-state index in [9.17, 15) is 4.79 Å². The standard InChI is InChI=1S/C9H9ClOS/c1-7(11)12-6-8-2-4-9(10)5-3-8/h2-5H,6H2,1H3. The first-order valence-electron chi connectivity index (χ1n) is 3.56. The zero-order chi connectivity index (χ0) is 8.97. The van der Waals surface area contributed by atoms with Crippen molar-refractivity contribution in [3.05, 3.63) is 34.9 Å². The predicted molar refractivity (Wildman–Crippen MR) is 53.4 cm³/mol. The Hall–Kier alpha value is -0.470. The molecule has 0 N–H and O–H groups in total. The van der Waals surface area contributed by atoms with Crippen molar-refractivity contribution in [3.63, 3.8) is 0 Å². The van der Waals surface area contributed by atoms with Gasteiger partial charge in [0.25, 0.3) is 0 Å². The average Bonchev–Trinajstić information content (AvgIpc) is 2.03. The van der Waals surface area contributed by atoms with Crippen LogP contribution in [0.1, 0.15) is 12.5 Å². The Morgan fingerprint density at radius 1 is 1.42 bits per heavy atom. The fourth-order valence-corrected chi connectivity index (χ4v) is 1.45. The molecule has 0 aliphatic carbocycles. The van der Waals surface area contributed by atoms with Gasteiger partial charge in [-0.2, -0.15) is 0 Å². The van der Waals surface area contributed by atoms with Crippen molar-refractivity contribution in [2.75, 3.05) is 0 Å². The molecule has 0 atom stereocenters. The molecule has 1 aromatic carbocycles. The van der Waals surface area contributed by atoms with Crippen LogP contribution in [0.4, 0.5) is 0 Å². The monoisotopic (exact) mass is 200 g/mol. The highest BCUT2D eigenvalue weighted by atomic mass is 35.5. The first-order chi connectivity index (χ1) is 5.68. The molecule has 0 aromatic heterocycles. The lowest BCUT2D eigenvalue weighted by atomic mass is 10.2. The molecule has 0 fully saturated rings. The Bertz CT molecular complexity index is 268. The number of carbonyl (C=O) groups is 1. The molecule has 0 saturated heterocycles. The van der Waals surface area contributed by atoms with Crippen LogP contribution in [-0.2, 0) is 10.5 Å². The molecule has 3 heteroatoms. The first-order valence-corrected chi connectivity index (χ1v) is 4.92. The minimum absolute atomic E-state index is 0.143. The van der Waals surface area contributed by atoms with Crippen LogP contribution in [0, 0.1) is 0 Å². The maximum atomic E-state index is 10.6. The second-order valence-electron chi connectivity index (χ2n) is 2.41. The van der Waals surface area contributed by atoms with Crippen LogP contribution in [-0.4, -0.2) is 5.12 Å². The third-order valence-corrected chi connectivity index (χ3v) is 2.49. The van der Waals surface area contributed by atoms with Gasteiger partial charge in [-0.25, -0.2) is 0 Å². The van der Waals surface area contributed by atoms with Crippen molar-refractivity contribution in [1.82, 2.24) is 0 Å². The average molecular weight is 201 g/mol. The Morgan fingerprint density at radius 2 is 2.00 bits per heavy atom. The van der Waals surface area contributed by atoms with Crippen molar-refractivity contribution in [1.29, 1.82) is 0 Å². The van der Waals surface area contributed by atoms with Gasteiger partial charge in [0.15, 0.2) is 5.12 Å². The summed E-state index contributed by atoms with van der Waals surface area (Å²) in [6.07, 6.45) is 0. The van der Waals surface area contributed by atoms with Crippen LogP contribution < -0.4 is 0 Å². The largest absolute Gasteiger partial charge is 0.288 e. The summed E-state index contributed by atoms with van der Waals surface area (Å²) in [7, 11) is 0. The molecule has 1 nitrogen and oxygen atoms in total. The summed E-state index contributed by atoms with van der Waals surface area (Å²) in [5, 5.41) is 0.872. The van der Waals surface area contributed by atoms with Crippen LogP contribution in [0.25, 0.3) is 0 Å². The summed E-state index contributed by atoms with van der Waals surface area (Å²) in [4.78, 5) is 10.6. The Kier molecular flexibility index (Phi) is 3.63. The van der Waals surface area contributed by atoms with Crippen molar-refractivity contribution < 1.29 is 4.79 Å². The number of rotatable bonds is 2. The molecule has 0 spiro atoms. The van der Waals surface area contributed by atoms with Crippen LogP contribution >= 0.6 is 23.4 Å². The molecule has 64 valence electrons. The van der Waals surface area contributed by atoms with Crippen LogP contribution in [0.5, 0.6) is 0 Å². The molecule has 0 heterocycles. The fourth-order valence-electron chi connectivity index (χ4n) is 0.766. The second-order valence-corrected chi connectivity index (χ2v) is 4.00. The van der Waals surface area contributed by atoms with Crippen LogP contribution in [0.2, 0.25) is 5.02 Å². The molecule has 0 aliphatic rings. The van der Waals surface area contributed by atoms with Gasteiger partial charge in [0, 0.05) is 17.7 Å². The highest BCUT2D eigenvalue weighted by molar-refractivity contribution is 8.12. The zero-order valence-electron chi connectivity index (χ0n) is 6.71. The lowest BCUT2D eigenvalue weighted by Crippen LogP contribution is -1.84. The number of benzene rings is 1. The Morgan fingerprint density at radius 3 is 2.50 bits per heavy atom. The Labute approximate surface area is 81.1 Å². The number of thioether (sulfide) groups is 1. The maximum Gasteiger partial charge on any atom is 0.186 e. The van der Waals surface area contributed by atoms with E-state index in [0.717, 1.165) is 16.3 Å². The smallest absolute Gasteiger partial charge is 0.186 e. The number of halogens is 1. The molecule has 12 heavy (non-hydrogen) atoms. The molecule has 1 aromatic rings. The highest BCUT2D eigenvalue weighted by Gasteiger charge is 1.96. The van der Waals surface area contributed by atoms with E-state index in [4.69, 9.17) is 11.6 Å². The van der Waals surface area contributed by atoms with Crippen molar-refractivity contribution in [2.45, 2.75) is 12.7 Å². The van der Waals surface area contributed by atoms with Gasteiger partial charge in [0.1, 0.15) is 0 Å². The van der Waals surface area contributed by atoms with Crippen LogP contribution in [0.15, 0.2) is 24.3 Å². The second kappa shape index (κ2) is 4.53. The molecular formula is C9H9ClOS. The normalized spacial score (nSPS) is 9.83. The van der Waals surface area contributed by atoms with Crippen molar-refractivity contribution >= 4 is 28.5 Å². The van der Waals surface area contributed by atoms with Gasteiger partial charge in [-0.1, -0.05) is 35.5 Å². The highest BCUT2D eigenvalue weighted by Crippen LogP contribution is 2.15. The molecule has 0 unspecified atom stereocenters. The predicted octanol–water partition coefficient (Wildman–Crippen LogP) is 3.12. The fraction of sp³-hybridized carbons (Fsp3) is 0.222. The molecule has 0 bridgehead atoms. The summed E-state index contributed by atoms with van der Waals surface area (Å²) in [6.45, 7) is 1.57. The number of hydrogen-bond donors (Lipinski definition) is 0. The van der Waals surface area contributed by atoms with Crippen molar-refractivity contribution in [2.24, 2.45) is 0 Å². The minimum atomic E-state index is 0.143. The summed E-state index contributed by atoms with van der Waals surface area (Å²) in [5.74, 6) is 0.729. The summed E-state index contributed by atoms with van der Waals surface area (Å²) in [5.41, 5.74) is 1.12. The third kappa shape index (κ3) is 3.28. The van der Waals surface area contributed by atoms with E-state index >= 15 is 0 Å². The Balaban J connectivity index is 2.53. The van der Waals surface area contributed by atoms with Gasteiger partial charge >= 0.3 is 0 Å². The number of carbonyl (C=O) groups excluding carboxylic acids is 1. The SMILES string of the molecule is CC(=O)SCc1ccc(Cl)cc1. The molecule has 0 saturated carbocycles. The molecule has 0 aliphatic heterocycles. The molecule has 0 amide bonds. The van der Waals surface area contributed by atoms with E-state index in [1.54, 1.807) is 6.92 Å². The minimum Gasteiger partial charge on any atom is -0.288 e. The lowest BCUT2D eigenvalue weighted by Gasteiger charge is -1.97. The number of hydrogen-bond acceptors (Lipinski definition) is 2. The quantitative estimate of drug-likeness (QED) is 0.730. The van der Waals surface area contributed by atoms with Crippen LogP contribution in [0.3, 0.4) is 0 Å². The summed E-state index contributed by atoms with van der Waals surface area (Å²) < 4.78 is 0. The lowest BCUT2D eigenvalue weighted by molar-refractivity contribution is -0.109. The molecular weight excluding hydrogens is 192 g/mol. The van der Waals surface area contributed by atoms with E-state index in [1.807, 2.05) is 24.3 Å². The van der Waals surface area contributed by atoms with Gasteiger partial charge in [-0.05, 0) is 17.7 Å². The molecule has 1 rings (SSSR count). The third-order valence-electron chi connectivity index (χ3n) is 1.36. The summed E-state index contributed by atoms with van der Waals surface area (Å²) in [6, 6.07) is 7.52. The topological polar surface area (TPSA) is 17.1 Å². The van der Waals surface area contributed by atoms with Gasteiger partial charge in [0.2, 0.25) is 0 Å². The van der Waals surface area contributed by atoms with Crippen molar-refractivity contribution in [3.8, 4) is 0 Å². The van der Waals surface area contributed by atoms with Gasteiger partial charge in [0.05, 0.1) is 0 Å². The van der Waals surface area contributed by atoms with Gasteiger partial charge < -0.3 is 0 Å². The van der Waals surface area contributed by atoms with E-state index < -0.39 is 0 Å². The van der Waals surface area contributed by atoms with E-state index in [-0.39, 0.29) is 5.12 Å². The van der Waals surface area contributed by atoms with Gasteiger partial charge in [-0.15, -0.1) is 0 Å². The van der Waals surface area contributed by atoms with E-state index in [1.165, 1.54) is 11.8 Å². The first kappa shape index (κ1) is 9.62. The summed E-state index contributed by atoms with van der Waals surface area (Å²) >= 11 is 7.01. The zero-order valence-corrected chi connectivity index (χ0v) is 8.28. The van der Waals surface area contributed by atoms with E-state index in [2.05, 4.69) is 0 Å². The maximum absolute atomic E-state index is 10.6. The van der Waals surface area contributed by atoms with Gasteiger partial charge in [-0.3, -0.25) is 4.79 Å².